The molecule has 2 amide bonds. The lowest BCUT2D eigenvalue weighted by Gasteiger charge is -2.30. The lowest BCUT2D eigenvalue weighted by molar-refractivity contribution is -0.115. The fraction of sp³-hybridized carbons (Fsp3) is 0.421. The summed E-state index contributed by atoms with van der Waals surface area (Å²) < 4.78 is 5.12. The van der Waals surface area contributed by atoms with Crippen LogP contribution in [0.25, 0.3) is 0 Å². The molecular formula is C19H24N4O3. The van der Waals surface area contributed by atoms with Gasteiger partial charge in [-0.1, -0.05) is 5.16 Å². The molecule has 1 aromatic carbocycles. The fourth-order valence-electron chi connectivity index (χ4n) is 3.31. The number of carbonyl (C=O) groups excluding carboxylic acids is 2. The van der Waals surface area contributed by atoms with Crippen LogP contribution in [0, 0.1) is 13.8 Å². The summed E-state index contributed by atoms with van der Waals surface area (Å²) in [7, 11) is 0. The summed E-state index contributed by atoms with van der Waals surface area (Å²) in [6.45, 7) is 5.47. The summed E-state index contributed by atoms with van der Waals surface area (Å²) in [4.78, 5) is 26.4. The second kappa shape index (κ2) is 7.59. The van der Waals surface area contributed by atoms with Gasteiger partial charge >= 0.3 is 0 Å². The first-order chi connectivity index (χ1) is 12.5. The summed E-state index contributed by atoms with van der Waals surface area (Å²) in [5, 5.41) is 6.82. The Balaban J connectivity index is 1.85. The number of nitrogens with one attached hydrogen (secondary N) is 1. The van der Waals surface area contributed by atoms with Gasteiger partial charge in [-0.15, -0.1) is 0 Å². The molecule has 0 atom stereocenters. The van der Waals surface area contributed by atoms with Crippen molar-refractivity contribution < 1.29 is 14.1 Å². The van der Waals surface area contributed by atoms with E-state index in [1.807, 2.05) is 13.0 Å². The molecule has 0 unspecified atom stereocenters. The van der Waals surface area contributed by atoms with Crippen molar-refractivity contribution in [2.75, 3.05) is 23.3 Å². The van der Waals surface area contributed by atoms with E-state index in [9.17, 15) is 9.59 Å². The quantitative estimate of drug-likeness (QED) is 0.857. The largest absolute Gasteiger partial charge is 0.370 e. The van der Waals surface area contributed by atoms with Crippen LogP contribution in [0.3, 0.4) is 0 Å². The molecule has 1 aliphatic rings. The van der Waals surface area contributed by atoms with Crippen LogP contribution in [0.2, 0.25) is 0 Å². The van der Waals surface area contributed by atoms with E-state index in [0.717, 1.165) is 37.2 Å². The molecule has 0 bridgehead atoms. The molecular weight excluding hydrogens is 332 g/mol. The lowest BCUT2D eigenvalue weighted by atomic mass is 10.1. The van der Waals surface area contributed by atoms with Gasteiger partial charge in [0.1, 0.15) is 5.76 Å². The molecule has 0 spiro atoms. The first kappa shape index (κ1) is 18.0. The number of carbonyl (C=O) groups is 2. The first-order valence-corrected chi connectivity index (χ1v) is 8.86. The normalized spacial score (nSPS) is 14.3. The summed E-state index contributed by atoms with van der Waals surface area (Å²) >= 11 is 0. The van der Waals surface area contributed by atoms with Crippen LogP contribution in [0.4, 0.5) is 11.4 Å². The molecule has 1 saturated heterocycles. The number of amides is 2. The predicted molar refractivity (Wildman–Crippen MR) is 99.3 cm³/mol. The second-order valence-corrected chi connectivity index (χ2v) is 6.67. The third-order valence-electron chi connectivity index (χ3n) is 4.77. The molecule has 0 aliphatic carbocycles. The highest BCUT2D eigenvalue weighted by Gasteiger charge is 2.19. The van der Waals surface area contributed by atoms with Crippen molar-refractivity contribution in [2.45, 2.75) is 39.5 Å². The molecule has 26 heavy (non-hydrogen) atoms. The molecule has 7 nitrogen and oxygen atoms in total. The van der Waals surface area contributed by atoms with Crippen LogP contribution >= 0.6 is 0 Å². The van der Waals surface area contributed by atoms with Crippen LogP contribution in [-0.4, -0.2) is 30.1 Å². The first-order valence-electron chi connectivity index (χ1n) is 8.86. The smallest absolute Gasteiger partial charge is 0.248 e. The Labute approximate surface area is 152 Å². The Hall–Kier alpha value is -2.83. The highest BCUT2D eigenvalue weighted by molar-refractivity contribution is 6.00. The van der Waals surface area contributed by atoms with Gasteiger partial charge in [-0.25, -0.2) is 0 Å². The van der Waals surface area contributed by atoms with Crippen molar-refractivity contribution in [3.05, 3.63) is 40.8 Å². The van der Waals surface area contributed by atoms with Crippen molar-refractivity contribution in [3.63, 3.8) is 0 Å². The maximum Gasteiger partial charge on any atom is 0.248 e. The van der Waals surface area contributed by atoms with Gasteiger partial charge in [0.05, 0.1) is 23.5 Å². The Bertz CT molecular complexity index is 803. The van der Waals surface area contributed by atoms with Gasteiger partial charge in [0.25, 0.3) is 0 Å². The van der Waals surface area contributed by atoms with Crippen molar-refractivity contribution >= 4 is 23.2 Å². The number of piperidine rings is 1. The van der Waals surface area contributed by atoms with Crippen LogP contribution in [0.5, 0.6) is 0 Å². The van der Waals surface area contributed by atoms with Gasteiger partial charge in [-0.05, 0) is 51.3 Å². The lowest BCUT2D eigenvalue weighted by Crippen LogP contribution is -2.30. The van der Waals surface area contributed by atoms with Crippen molar-refractivity contribution in [1.82, 2.24) is 5.16 Å². The van der Waals surface area contributed by atoms with Gasteiger partial charge in [-0.3, -0.25) is 9.59 Å². The van der Waals surface area contributed by atoms with Crippen molar-refractivity contribution in [1.29, 1.82) is 0 Å². The zero-order chi connectivity index (χ0) is 18.7. The third kappa shape index (κ3) is 3.87. The minimum Gasteiger partial charge on any atom is -0.370 e. The van der Waals surface area contributed by atoms with E-state index in [-0.39, 0.29) is 12.3 Å². The number of hydrogen-bond donors (Lipinski definition) is 2. The number of nitrogens with zero attached hydrogens (tertiary/aromatic N) is 2. The summed E-state index contributed by atoms with van der Waals surface area (Å²) in [6, 6.07) is 5.21. The van der Waals surface area contributed by atoms with E-state index in [1.54, 1.807) is 19.1 Å². The number of anilines is 2. The minimum atomic E-state index is -0.517. The number of benzene rings is 1. The zero-order valence-electron chi connectivity index (χ0n) is 15.2. The maximum atomic E-state index is 12.6. The predicted octanol–water partition coefficient (Wildman–Crippen LogP) is 2.56. The molecule has 3 rings (SSSR count). The maximum absolute atomic E-state index is 12.6. The molecule has 2 heterocycles. The topological polar surface area (TPSA) is 101 Å². The molecule has 0 radical (unpaired) electrons. The zero-order valence-corrected chi connectivity index (χ0v) is 15.2. The molecule has 1 fully saturated rings. The van der Waals surface area contributed by atoms with Gasteiger partial charge in [0, 0.05) is 24.2 Å². The van der Waals surface area contributed by atoms with Gasteiger partial charge in [0.2, 0.25) is 11.8 Å². The van der Waals surface area contributed by atoms with Crippen LogP contribution in [0.15, 0.2) is 22.7 Å². The molecule has 2 aromatic rings. The Morgan fingerprint density at radius 3 is 2.58 bits per heavy atom. The number of aromatic nitrogens is 1. The Morgan fingerprint density at radius 1 is 1.23 bits per heavy atom. The second-order valence-electron chi connectivity index (χ2n) is 6.67. The van der Waals surface area contributed by atoms with E-state index in [4.69, 9.17) is 10.3 Å². The van der Waals surface area contributed by atoms with Gasteiger partial charge in [-0.2, -0.15) is 0 Å². The van der Waals surface area contributed by atoms with Crippen LogP contribution in [0.1, 0.15) is 46.6 Å². The van der Waals surface area contributed by atoms with E-state index in [1.165, 1.54) is 6.42 Å². The van der Waals surface area contributed by atoms with E-state index < -0.39 is 5.91 Å². The van der Waals surface area contributed by atoms with Gasteiger partial charge in [0.15, 0.2) is 0 Å². The molecule has 1 aromatic heterocycles. The van der Waals surface area contributed by atoms with E-state index in [0.29, 0.717) is 22.7 Å². The number of aryl methyl sites for hydroxylation is 2. The summed E-state index contributed by atoms with van der Waals surface area (Å²) in [5.74, 6) is -0.0597. The average Bonchev–Trinajstić information content (AvgIpc) is 2.94. The highest BCUT2D eigenvalue weighted by Crippen LogP contribution is 2.30. The number of hydrogen-bond acceptors (Lipinski definition) is 5. The average molecular weight is 356 g/mol. The number of primary amides is 1. The number of rotatable bonds is 5. The summed E-state index contributed by atoms with van der Waals surface area (Å²) in [6.07, 6.45) is 3.61. The van der Waals surface area contributed by atoms with E-state index in [2.05, 4.69) is 15.4 Å². The minimum absolute atomic E-state index is 0.168. The third-order valence-corrected chi connectivity index (χ3v) is 4.77. The Kier molecular flexibility index (Phi) is 5.25. The molecule has 0 saturated carbocycles. The van der Waals surface area contributed by atoms with E-state index >= 15 is 0 Å². The molecule has 138 valence electrons. The van der Waals surface area contributed by atoms with Crippen LogP contribution in [-0.2, 0) is 11.2 Å². The molecule has 1 aliphatic heterocycles. The molecule has 3 N–H and O–H groups in total. The molecule has 7 heteroatoms. The fourth-order valence-corrected chi connectivity index (χ4v) is 3.31. The summed E-state index contributed by atoms with van der Waals surface area (Å²) in [5.41, 5.74) is 8.80. The Morgan fingerprint density at radius 2 is 1.96 bits per heavy atom. The highest BCUT2D eigenvalue weighted by atomic mass is 16.5. The SMILES string of the molecule is Cc1noc(C)c1CC(=O)Nc1cc(C(N)=O)ccc1N1CCCCC1. The van der Waals surface area contributed by atoms with Crippen molar-refractivity contribution in [3.8, 4) is 0 Å². The standard InChI is InChI=1S/C19H24N4O3/c1-12-15(13(2)26-22-12)11-18(24)21-16-10-14(19(20)25)6-7-17(16)23-8-4-3-5-9-23/h6-7,10H,3-5,8-9,11H2,1-2H3,(H2,20,25)(H,21,24). The monoisotopic (exact) mass is 356 g/mol. The number of nitrogens with two attached hydrogens (primary N) is 1. The van der Waals surface area contributed by atoms with Crippen LogP contribution < -0.4 is 16.0 Å². The van der Waals surface area contributed by atoms with Gasteiger partial charge < -0.3 is 20.5 Å². The van der Waals surface area contributed by atoms with Crippen molar-refractivity contribution in [2.24, 2.45) is 5.73 Å².